The van der Waals surface area contributed by atoms with Crippen molar-refractivity contribution >= 4 is 0 Å². The number of ether oxygens (including phenoxy) is 1. The zero-order chi connectivity index (χ0) is 8.53. The zero-order valence-electron chi connectivity index (χ0n) is 7.39. The predicted molar refractivity (Wildman–Crippen MR) is 47.3 cm³/mol. The maximum atomic E-state index is 5.55. The molecule has 0 spiro atoms. The van der Waals surface area contributed by atoms with E-state index in [1.807, 2.05) is 20.0 Å². The van der Waals surface area contributed by atoms with Crippen molar-refractivity contribution in [2.75, 3.05) is 26.8 Å². The molecule has 0 amide bonds. The van der Waals surface area contributed by atoms with Crippen LogP contribution < -0.4 is 11.1 Å². The van der Waals surface area contributed by atoms with Gasteiger partial charge in [-0.05, 0) is 14.0 Å². The van der Waals surface area contributed by atoms with Crippen LogP contribution in [-0.4, -0.2) is 26.8 Å². The molecule has 0 bridgehead atoms. The summed E-state index contributed by atoms with van der Waals surface area (Å²) in [6, 6.07) is 0. The van der Waals surface area contributed by atoms with E-state index in [0.29, 0.717) is 0 Å². The third kappa shape index (κ3) is 7.36. The number of likely N-dealkylation sites (N-methyl/N-ethyl adjacent to an activating group) is 1. The van der Waals surface area contributed by atoms with Crippen LogP contribution in [0.2, 0.25) is 0 Å². The average molecular weight is 158 g/mol. The minimum atomic E-state index is 0.720. The van der Waals surface area contributed by atoms with Gasteiger partial charge in [-0.3, -0.25) is 0 Å². The van der Waals surface area contributed by atoms with E-state index in [0.717, 1.165) is 31.9 Å². The van der Waals surface area contributed by atoms with Crippen LogP contribution in [0.15, 0.2) is 11.8 Å². The van der Waals surface area contributed by atoms with Crippen molar-refractivity contribution in [3.8, 4) is 0 Å². The summed E-state index contributed by atoms with van der Waals surface area (Å²) >= 11 is 0. The van der Waals surface area contributed by atoms with Crippen molar-refractivity contribution in [1.29, 1.82) is 0 Å². The Kier molecular flexibility index (Phi) is 7.19. The molecule has 0 aliphatic carbocycles. The summed E-state index contributed by atoms with van der Waals surface area (Å²) in [6.07, 6.45) is 2.74. The third-order valence-electron chi connectivity index (χ3n) is 1.40. The van der Waals surface area contributed by atoms with Gasteiger partial charge in [0.2, 0.25) is 0 Å². The highest BCUT2D eigenvalue weighted by Crippen LogP contribution is 1.91. The Labute approximate surface area is 68.6 Å². The fourth-order valence-corrected chi connectivity index (χ4v) is 0.611. The van der Waals surface area contributed by atoms with Crippen molar-refractivity contribution in [3.05, 3.63) is 11.8 Å². The number of nitrogens with two attached hydrogens (primary N) is 1. The van der Waals surface area contributed by atoms with E-state index in [4.69, 9.17) is 10.5 Å². The quantitative estimate of drug-likeness (QED) is 0.553. The highest BCUT2D eigenvalue weighted by atomic mass is 16.5. The van der Waals surface area contributed by atoms with Crippen molar-refractivity contribution in [3.63, 3.8) is 0 Å². The lowest BCUT2D eigenvalue weighted by atomic mass is 10.3. The third-order valence-corrected chi connectivity index (χ3v) is 1.40. The topological polar surface area (TPSA) is 47.3 Å². The molecule has 3 heteroatoms. The second-order valence-electron chi connectivity index (χ2n) is 2.33. The zero-order valence-corrected chi connectivity index (χ0v) is 7.39. The van der Waals surface area contributed by atoms with Gasteiger partial charge in [0, 0.05) is 18.7 Å². The number of hydrogen-bond donors (Lipinski definition) is 2. The van der Waals surface area contributed by atoms with Gasteiger partial charge >= 0.3 is 0 Å². The average Bonchev–Trinajstić information content (AvgIpc) is 2.04. The molecule has 11 heavy (non-hydrogen) atoms. The van der Waals surface area contributed by atoms with Crippen molar-refractivity contribution in [1.82, 2.24) is 5.32 Å². The van der Waals surface area contributed by atoms with Crippen LogP contribution in [0.25, 0.3) is 0 Å². The van der Waals surface area contributed by atoms with Gasteiger partial charge in [-0.1, -0.05) is 6.08 Å². The van der Waals surface area contributed by atoms with E-state index in [2.05, 4.69) is 5.32 Å². The lowest BCUT2D eigenvalue weighted by Gasteiger charge is -2.02. The molecule has 0 aliphatic rings. The van der Waals surface area contributed by atoms with Gasteiger partial charge in [0.05, 0.1) is 13.2 Å². The summed E-state index contributed by atoms with van der Waals surface area (Å²) in [5.41, 5.74) is 6.45. The smallest absolute Gasteiger partial charge is 0.0590 e. The van der Waals surface area contributed by atoms with Gasteiger partial charge in [-0.2, -0.15) is 0 Å². The first kappa shape index (κ1) is 10.5. The molecule has 0 fully saturated rings. The fourth-order valence-electron chi connectivity index (χ4n) is 0.611. The lowest BCUT2D eigenvalue weighted by molar-refractivity contribution is 0.140. The number of rotatable bonds is 6. The van der Waals surface area contributed by atoms with Crippen LogP contribution in [-0.2, 0) is 4.74 Å². The van der Waals surface area contributed by atoms with Gasteiger partial charge in [0.15, 0.2) is 0 Å². The highest BCUT2D eigenvalue weighted by molar-refractivity contribution is 4.93. The first-order valence-corrected chi connectivity index (χ1v) is 3.94. The largest absolute Gasteiger partial charge is 0.402 e. The Balaban J connectivity index is 3.02. The van der Waals surface area contributed by atoms with Gasteiger partial charge < -0.3 is 15.8 Å². The second-order valence-corrected chi connectivity index (χ2v) is 2.33. The van der Waals surface area contributed by atoms with E-state index in [1.165, 1.54) is 0 Å². The number of allylic oxidation sites excluding steroid dienone is 1. The summed E-state index contributed by atoms with van der Waals surface area (Å²) in [6.45, 7) is 4.31. The summed E-state index contributed by atoms with van der Waals surface area (Å²) in [7, 11) is 1.91. The summed E-state index contributed by atoms with van der Waals surface area (Å²) in [5.74, 6) is 0. The SMILES string of the molecule is C/C=C(/N)CCOCCNC. The minimum absolute atomic E-state index is 0.720. The Morgan fingerprint density at radius 3 is 2.82 bits per heavy atom. The Morgan fingerprint density at radius 1 is 1.55 bits per heavy atom. The van der Waals surface area contributed by atoms with Crippen molar-refractivity contribution in [2.45, 2.75) is 13.3 Å². The minimum Gasteiger partial charge on any atom is -0.402 e. The maximum Gasteiger partial charge on any atom is 0.0590 e. The molecule has 66 valence electrons. The molecule has 0 heterocycles. The van der Waals surface area contributed by atoms with E-state index >= 15 is 0 Å². The number of nitrogens with one attached hydrogen (secondary N) is 1. The molecule has 0 atom stereocenters. The van der Waals surface area contributed by atoms with Crippen LogP contribution >= 0.6 is 0 Å². The molecule has 0 unspecified atom stereocenters. The predicted octanol–water partition coefficient (Wildman–Crippen LogP) is 0.475. The Bertz CT molecular complexity index is 113. The van der Waals surface area contributed by atoms with Crippen LogP contribution in [0, 0.1) is 0 Å². The first-order valence-electron chi connectivity index (χ1n) is 3.94. The van der Waals surface area contributed by atoms with Gasteiger partial charge in [0.1, 0.15) is 0 Å². The second kappa shape index (κ2) is 7.57. The van der Waals surface area contributed by atoms with Crippen LogP contribution in [0.3, 0.4) is 0 Å². The molecule has 0 aromatic rings. The van der Waals surface area contributed by atoms with E-state index in [9.17, 15) is 0 Å². The standard InChI is InChI=1S/C8H18N2O/c1-3-8(9)4-6-11-7-5-10-2/h3,10H,4-7,9H2,1-2H3/b8-3+. The number of hydrogen-bond acceptors (Lipinski definition) is 3. The molecule has 0 rings (SSSR count). The van der Waals surface area contributed by atoms with E-state index < -0.39 is 0 Å². The molecule has 0 saturated carbocycles. The molecule has 0 saturated heterocycles. The molecular formula is C8H18N2O. The van der Waals surface area contributed by atoms with Gasteiger partial charge in [0.25, 0.3) is 0 Å². The summed E-state index contributed by atoms with van der Waals surface area (Å²) < 4.78 is 5.26. The van der Waals surface area contributed by atoms with Crippen LogP contribution in [0.1, 0.15) is 13.3 Å². The molecule has 3 nitrogen and oxygen atoms in total. The normalized spacial score (nSPS) is 12.0. The monoisotopic (exact) mass is 158 g/mol. The van der Waals surface area contributed by atoms with Crippen LogP contribution in [0.5, 0.6) is 0 Å². The van der Waals surface area contributed by atoms with Crippen molar-refractivity contribution < 1.29 is 4.74 Å². The Hall–Kier alpha value is -0.540. The first-order chi connectivity index (χ1) is 5.31. The van der Waals surface area contributed by atoms with E-state index in [1.54, 1.807) is 0 Å². The summed E-state index contributed by atoms with van der Waals surface area (Å²) in [4.78, 5) is 0. The molecule has 0 aliphatic heterocycles. The molecule has 0 aromatic heterocycles. The van der Waals surface area contributed by atoms with E-state index in [-0.39, 0.29) is 0 Å². The molecular weight excluding hydrogens is 140 g/mol. The van der Waals surface area contributed by atoms with Gasteiger partial charge in [-0.15, -0.1) is 0 Å². The van der Waals surface area contributed by atoms with Crippen molar-refractivity contribution in [2.24, 2.45) is 5.73 Å². The molecule has 3 N–H and O–H groups in total. The highest BCUT2D eigenvalue weighted by Gasteiger charge is 1.89. The fraction of sp³-hybridized carbons (Fsp3) is 0.750. The van der Waals surface area contributed by atoms with Gasteiger partial charge in [-0.25, -0.2) is 0 Å². The van der Waals surface area contributed by atoms with Crippen LogP contribution in [0.4, 0.5) is 0 Å². The maximum absolute atomic E-state index is 5.55. The Morgan fingerprint density at radius 2 is 2.27 bits per heavy atom. The molecule has 0 aromatic carbocycles. The summed E-state index contributed by atoms with van der Waals surface area (Å²) in [5, 5.41) is 3.00. The lowest BCUT2D eigenvalue weighted by Crippen LogP contribution is -2.15. The molecule has 0 radical (unpaired) electrons.